The lowest BCUT2D eigenvalue weighted by atomic mass is 9.81. The molecular weight excluding hydrogens is 266 g/mol. The Morgan fingerprint density at radius 1 is 1.48 bits per heavy atom. The molecule has 1 aromatic carbocycles. The van der Waals surface area contributed by atoms with Gasteiger partial charge in [0.1, 0.15) is 5.75 Å². The number of aliphatic hydroxyl groups is 1. The first-order valence-electron chi connectivity index (χ1n) is 7.65. The molecule has 1 aromatic rings. The minimum absolute atomic E-state index is 0.0571. The molecule has 0 aromatic heterocycles. The molecular formula is C17H25NO3. The highest BCUT2D eigenvalue weighted by molar-refractivity contribution is 5.93. The second-order valence-electron chi connectivity index (χ2n) is 6.34. The van der Waals surface area contributed by atoms with Crippen LogP contribution in [0, 0.1) is 11.3 Å². The molecule has 1 fully saturated rings. The monoisotopic (exact) mass is 291 g/mol. The maximum Gasteiger partial charge on any atom is 0.228 e. The Morgan fingerprint density at radius 3 is 2.81 bits per heavy atom. The van der Waals surface area contributed by atoms with Gasteiger partial charge >= 0.3 is 0 Å². The number of carbonyl (C=O) groups excluding carboxylic acids is 1. The molecule has 0 bridgehead atoms. The van der Waals surface area contributed by atoms with Crippen molar-refractivity contribution in [3.05, 3.63) is 23.8 Å². The van der Waals surface area contributed by atoms with Crippen LogP contribution in [0.4, 0.5) is 5.69 Å². The van der Waals surface area contributed by atoms with Gasteiger partial charge in [0, 0.05) is 17.2 Å². The van der Waals surface area contributed by atoms with Gasteiger partial charge in [-0.3, -0.25) is 4.79 Å². The van der Waals surface area contributed by atoms with Gasteiger partial charge in [0.15, 0.2) is 0 Å². The normalized spacial score (nSPS) is 20.3. The molecule has 1 unspecified atom stereocenters. The lowest BCUT2D eigenvalue weighted by molar-refractivity contribution is -0.122. The molecule has 1 atom stereocenters. The van der Waals surface area contributed by atoms with Crippen LogP contribution < -0.4 is 10.1 Å². The van der Waals surface area contributed by atoms with Crippen molar-refractivity contribution in [2.45, 2.75) is 46.6 Å². The fraction of sp³-hybridized carbons (Fsp3) is 0.588. The van der Waals surface area contributed by atoms with Crippen LogP contribution in [0.3, 0.4) is 0 Å². The standard InChI is InChI=1S/C17H25NO3/c1-4-21-15-8-7-13(10-12(15)11-19)18-16(20)14-6-5-9-17(14,2)3/h7-8,10,14,19H,4-6,9,11H2,1-3H3,(H,18,20). The molecule has 0 saturated heterocycles. The van der Waals surface area contributed by atoms with Crippen molar-refractivity contribution in [2.24, 2.45) is 11.3 Å². The van der Waals surface area contributed by atoms with E-state index in [4.69, 9.17) is 4.74 Å². The minimum Gasteiger partial charge on any atom is -0.494 e. The second kappa shape index (κ2) is 6.48. The summed E-state index contributed by atoms with van der Waals surface area (Å²) < 4.78 is 5.45. The van der Waals surface area contributed by atoms with Crippen molar-refractivity contribution >= 4 is 11.6 Å². The molecule has 2 rings (SSSR count). The number of carbonyl (C=O) groups is 1. The van der Waals surface area contributed by atoms with E-state index in [1.807, 2.05) is 13.0 Å². The molecule has 0 radical (unpaired) electrons. The number of anilines is 1. The van der Waals surface area contributed by atoms with E-state index >= 15 is 0 Å². The van der Waals surface area contributed by atoms with E-state index in [1.54, 1.807) is 12.1 Å². The molecule has 0 heterocycles. The highest BCUT2D eigenvalue weighted by Gasteiger charge is 2.39. The topological polar surface area (TPSA) is 58.6 Å². The zero-order chi connectivity index (χ0) is 15.5. The SMILES string of the molecule is CCOc1ccc(NC(=O)C2CCCC2(C)C)cc1CO. The number of benzene rings is 1. The zero-order valence-corrected chi connectivity index (χ0v) is 13.1. The number of ether oxygens (including phenoxy) is 1. The van der Waals surface area contributed by atoms with Gasteiger partial charge in [-0.2, -0.15) is 0 Å². The zero-order valence-electron chi connectivity index (χ0n) is 13.1. The Bertz CT molecular complexity index is 511. The smallest absolute Gasteiger partial charge is 0.228 e. The second-order valence-corrected chi connectivity index (χ2v) is 6.34. The first-order chi connectivity index (χ1) is 9.97. The van der Waals surface area contributed by atoms with Crippen molar-refractivity contribution in [3.63, 3.8) is 0 Å². The van der Waals surface area contributed by atoms with Crippen LogP contribution in [0.1, 0.15) is 45.6 Å². The average molecular weight is 291 g/mol. The summed E-state index contributed by atoms with van der Waals surface area (Å²) in [6, 6.07) is 5.40. The highest BCUT2D eigenvalue weighted by Crippen LogP contribution is 2.43. The summed E-state index contributed by atoms with van der Waals surface area (Å²) in [5, 5.41) is 12.4. The fourth-order valence-electron chi connectivity index (χ4n) is 3.12. The van der Waals surface area contributed by atoms with E-state index in [2.05, 4.69) is 19.2 Å². The molecule has 1 amide bonds. The maximum atomic E-state index is 12.4. The van der Waals surface area contributed by atoms with Gasteiger partial charge in [0.25, 0.3) is 0 Å². The van der Waals surface area contributed by atoms with Crippen molar-refractivity contribution in [2.75, 3.05) is 11.9 Å². The van der Waals surface area contributed by atoms with Gasteiger partial charge in [-0.05, 0) is 43.4 Å². The highest BCUT2D eigenvalue weighted by atomic mass is 16.5. The predicted molar refractivity (Wildman–Crippen MR) is 83.3 cm³/mol. The Labute approximate surface area is 126 Å². The molecule has 0 aliphatic heterocycles. The van der Waals surface area contributed by atoms with Gasteiger partial charge in [0.2, 0.25) is 5.91 Å². The summed E-state index contributed by atoms with van der Waals surface area (Å²) in [4.78, 5) is 12.4. The first-order valence-corrected chi connectivity index (χ1v) is 7.65. The molecule has 4 nitrogen and oxygen atoms in total. The van der Waals surface area contributed by atoms with Crippen LogP contribution in [0.2, 0.25) is 0 Å². The molecule has 4 heteroatoms. The van der Waals surface area contributed by atoms with E-state index in [0.717, 1.165) is 24.9 Å². The van der Waals surface area contributed by atoms with Crippen LogP contribution >= 0.6 is 0 Å². The van der Waals surface area contributed by atoms with Gasteiger partial charge in [-0.1, -0.05) is 20.3 Å². The number of amides is 1. The largest absolute Gasteiger partial charge is 0.494 e. The summed E-state index contributed by atoms with van der Waals surface area (Å²) >= 11 is 0. The van der Waals surface area contributed by atoms with Crippen molar-refractivity contribution in [1.29, 1.82) is 0 Å². The van der Waals surface area contributed by atoms with Crippen molar-refractivity contribution in [3.8, 4) is 5.75 Å². The molecule has 1 aliphatic carbocycles. The summed E-state index contributed by atoms with van der Waals surface area (Å²) in [5.41, 5.74) is 1.48. The van der Waals surface area contributed by atoms with Gasteiger partial charge in [-0.15, -0.1) is 0 Å². The van der Waals surface area contributed by atoms with Crippen molar-refractivity contribution < 1.29 is 14.6 Å². The average Bonchev–Trinajstić information content (AvgIpc) is 2.80. The van der Waals surface area contributed by atoms with Gasteiger partial charge in [0.05, 0.1) is 13.2 Å². The maximum absolute atomic E-state index is 12.4. The third kappa shape index (κ3) is 3.56. The minimum atomic E-state index is -0.103. The number of hydrogen-bond acceptors (Lipinski definition) is 3. The van der Waals surface area contributed by atoms with Crippen LogP contribution in [-0.2, 0) is 11.4 Å². The van der Waals surface area contributed by atoms with Gasteiger partial charge in [-0.25, -0.2) is 0 Å². The van der Waals surface area contributed by atoms with E-state index in [-0.39, 0.29) is 23.8 Å². The molecule has 2 N–H and O–H groups in total. The van der Waals surface area contributed by atoms with Gasteiger partial charge < -0.3 is 15.2 Å². The number of hydrogen-bond donors (Lipinski definition) is 2. The number of rotatable bonds is 5. The summed E-state index contributed by atoms with van der Waals surface area (Å²) in [6.07, 6.45) is 3.15. The van der Waals surface area contributed by atoms with Crippen LogP contribution in [-0.4, -0.2) is 17.6 Å². The Kier molecular flexibility index (Phi) is 4.88. The van der Waals surface area contributed by atoms with E-state index in [9.17, 15) is 9.90 Å². The molecule has 21 heavy (non-hydrogen) atoms. The van der Waals surface area contributed by atoms with Crippen LogP contribution in [0.5, 0.6) is 5.75 Å². The van der Waals surface area contributed by atoms with E-state index in [1.165, 1.54) is 0 Å². The number of aliphatic hydroxyl groups excluding tert-OH is 1. The lowest BCUT2D eigenvalue weighted by Gasteiger charge is -2.26. The molecule has 0 spiro atoms. The Morgan fingerprint density at radius 2 is 2.24 bits per heavy atom. The molecule has 116 valence electrons. The predicted octanol–water partition coefficient (Wildman–Crippen LogP) is 3.34. The fourth-order valence-corrected chi connectivity index (χ4v) is 3.12. The number of nitrogens with one attached hydrogen (secondary N) is 1. The third-order valence-electron chi connectivity index (χ3n) is 4.37. The van der Waals surface area contributed by atoms with Crippen LogP contribution in [0.25, 0.3) is 0 Å². The van der Waals surface area contributed by atoms with E-state index < -0.39 is 0 Å². The van der Waals surface area contributed by atoms with E-state index in [0.29, 0.717) is 17.9 Å². The lowest BCUT2D eigenvalue weighted by Crippen LogP contribution is -2.30. The summed E-state index contributed by atoms with van der Waals surface area (Å²) in [6.45, 7) is 6.66. The van der Waals surface area contributed by atoms with Crippen LogP contribution in [0.15, 0.2) is 18.2 Å². The quantitative estimate of drug-likeness (QED) is 0.874. The summed E-state index contributed by atoms with van der Waals surface area (Å²) in [5.74, 6) is 0.798. The molecule has 1 saturated carbocycles. The summed E-state index contributed by atoms with van der Waals surface area (Å²) in [7, 11) is 0. The molecule has 1 aliphatic rings. The Balaban J connectivity index is 2.11. The first kappa shape index (κ1) is 15.8. The van der Waals surface area contributed by atoms with Crippen molar-refractivity contribution in [1.82, 2.24) is 0 Å². The third-order valence-corrected chi connectivity index (χ3v) is 4.37. The Hall–Kier alpha value is -1.55.